The van der Waals surface area contributed by atoms with Gasteiger partial charge in [-0.2, -0.15) is 0 Å². The van der Waals surface area contributed by atoms with Crippen molar-refractivity contribution in [2.24, 2.45) is 0 Å². The van der Waals surface area contributed by atoms with Gasteiger partial charge < -0.3 is 5.32 Å². The SMILES string of the molecule is O=C1CSc2ccc(S(=O)(=O)NCCC3=CCCCC3)cc2N1. The number of carbonyl (C=O) groups is 1. The van der Waals surface area contributed by atoms with Gasteiger partial charge in [0.15, 0.2) is 0 Å². The van der Waals surface area contributed by atoms with Crippen LogP contribution in [0.1, 0.15) is 32.1 Å². The molecule has 0 spiro atoms. The Morgan fingerprint density at radius 1 is 1.26 bits per heavy atom. The van der Waals surface area contributed by atoms with Crippen molar-refractivity contribution < 1.29 is 13.2 Å². The molecule has 7 heteroatoms. The van der Waals surface area contributed by atoms with Crippen molar-refractivity contribution in [1.82, 2.24) is 4.72 Å². The fourth-order valence-corrected chi connectivity index (χ4v) is 4.64. The number of hydrogen-bond acceptors (Lipinski definition) is 4. The van der Waals surface area contributed by atoms with Gasteiger partial charge in [0, 0.05) is 11.4 Å². The molecule has 1 aliphatic carbocycles. The topological polar surface area (TPSA) is 75.3 Å². The molecule has 2 aliphatic rings. The zero-order valence-electron chi connectivity index (χ0n) is 12.8. The van der Waals surface area contributed by atoms with Crippen LogP contribution in [0.3, 0.4) is 0 Å². The zero-order chi connectivity index (χ0) is 16.3. The molecule has 2 N–H and O–H groups in total. The summed E-state index contributed by atoms with van der Waals surface area (Å²) in [6, 6.07) is 4.87. The standard InChI is InChI=1S/C16H20N2O3S2/c19-16-11-22-15-7-6-13(10-14(15)18-16)23(20,21)17-9-8-12-4-2-1-3-5-12/h4,6-7,10,17H,1-3,5,8-9,11H2,(H,18,19). The Balaban J connectivity index is 1.66. The smallest absolute Gasteiger partial charge is 0.240 e. The molecule has 1 heterocycles. The third-order valence-corrected chi connectivity index (χ3v) is 6.55. The summed E-state index contributed by atoms with van der Waals surface area (Å²) in [5.41, 5.74) is 1.91. The molecular weight excluding hydrogens is 332 g/mol. The van der Waals surface area contributed by atoms with E-state index >= 15 is 0 Å². The minimum Gasteiger partial charge on any atom is -0.324 e. The highest BCUT2D eigenvalue weighted by molar-refractivity contribution is 8.00. The first-order valence-electron chi connectivity index (χ1n) is 7.79. The molecule has 1 aromatic rings. The van der Waals surface area contributed by atoms with E-state index in [1.54, 1.807) is 12.1 Å². The molecule has 0 bridgehead atoms. The van der Waals surface area contributed by atoms with Crippen molar-refractivity contribution in [2.45, 2.75) is 41.9 Å². The summed E-state index contributed by atoms with van der Waals surface area (Å²) in [6.07, 6.45) is 7.59. The van der Waals surface area contributed by atoms with Crippen LogP contribution < -0.4 is 10.0 Å². The fraction of sp³-hybridized carbons (Fsp3) is 0.438. The monoisotopic (exact) mass is 352 g/mol. The van der Waals surface area contributed by atoms with Gasteiger partial charge in [0.25, 0.3) is 0 Å². The van der Waals surface area contributed by atoms with Gasteiger partial charge in [-0.15, -0.1) is 11.8 Å². The van der Waals surface area contributed by atoms with Crippen LogP contribution in [0.25, 0.3) is 0 Å². The third-order valence-electron chi connectivity index (χ3n) is 4.02. The van der Waals surface area contributed by atoms with E-state index in [1.807, 2.05) is 0 Å². The Hall–Kier alpha value is -1.31. The highest BCUT2D eigenvalue weighted by Gasteiger charge is 2.20. The molecule has 0 fully saturated rings. The molecular formula is C16H20N2O3S2. The second kappa shape index (κ2) is 7.07. The van der Waals surface area contributed by atoms with E-state index in [4.69, 9.17) is 0 Å². The van der Waals surface area contributed by atoms with Crippen LogP contribution in [0.5, 0.6) is 0 Å². The van der Waals surface area contributed by atoms with Gasteiger partial charge >= 0.3 is 0 Å². The molecule has 0 radical (unpaired) electrons. The summed E-state index contributed by atoms with van der Waals surface area (Å²) in [5, 5.41) is 2.72. The Morgan fingerprint density at radius 2 is 2.13 bits per heavy atom. The van der Waals surface area contributed by atoms with E-state index in [9.17, 15) is 13.2 Å². The number of sulfonamides is 1. The molecule has 1 amide bonds. The number of carbonyl (C=O) groups excluding carboxylic acids is 1. The van der Waals surface area contributed by atoms with E-state index < -0.39 is 10.0 Å². The lowest BCUT2D eigenvalue weighted by Gasteiger charge is -2.17. The molecule has 0 saturated carbocycles. The van der Waals surface area contributed by atoms with Gasteiger partial charge in [0.2, 0.25) is 15.9 Å². The van der Waals surface area contributed by atoms with Gasteiger partial charge in [0.05, 0.1) is 16.3 Å². The van der Waals surface area contributed by atoms with Crippen LogP contribution >= 0.6 is 11.8 Å². The summed E-state index contributed by atoms with van der Waals surface area (Å²) in [7, 11) is -3.55. The summed E-state index contributed by atoms with van der Waals surface area (Å²) >= 11 is 1.42. The Kier molecular flexibility index (Phi) is 5.08. The summed E-state index contributed by atoms with van der Waals surface area (Å²) < 4.78 is 27.4. The van der Waals surface area contributed by atoms with Crippen LogP contribution in [-0.2, 0) is 14.8 Å². The number of rotatable bonds is 5. The van der Waals surface area contributed by atoms with E-state index in [-0.39, 0.29) is 10.8 Å². The van der Waals surface area contributed by atoms with Crippen LogP contribution in [-0.4, -0.2) is 26.6 Å². The number of thioether (sulfide) groups is 1. The molecule has 1 aromatic carbocycles. The number of allylic oxidation sites excluding steroid dienone is 1. The first-order valence-corrected chi connectivity index (χ1v) is 10.3. The number of anilines is 1. The molecule has 1 aliphatic heterocycles. The number of fused-ring (bicyclic) bond motifs is 1. The first-order chi connectivity index (χ1) is 11.0. The van der Waals surface area contributed by atoms with Gasteiger partial charge in [-0.1, -0.05) is 11.6 Å². The summed E-state index contributed by atoms with van der Waals surface area (Å²) in [6.45, 7) is 0.409. The van der Waals surface area contributed by atoms with Crippen molar-refractivity contribution in [3.8, 4) is 0 Å². The van der Waals surface area contributed by atoms with E-state index in [1.165, 1.54) is 36.2 Å². The van der Waals surface area contributed by atoms with Crippen molar-refractivity contribution in [1.29, 1.82) is 0 Å². The van der Waals surface area contributed by atoms with Crippen LogP contribution in [0, 0.1) is 0 Å². The summed E-state index contributed by atoms with van der Waals surface area (Å²) in [4.78, 5) is 12.5. The molecule has 0 saturated heterocycles. The van der Waals surface area contributed by atoms with Crippen molar-refractivity contribution in [3.05, 3.63) is 29.8 Å². The van der Waals surface area contributed by atoms with E-state index in [2.05, 4.69) is 16.1 Å². The lowest BCUT2D eigenvalue weighted by molar-refractivity contribution is -0.113. The first kappa shape index (κ1) is 16.5. The maximum Gasteiger partial charge on any atom is 0.240 e. The van der Waals surface area contributed by atoms with Gasteiger partial charge in [0.1, 0.15) is 0 Å². The summed E-state index contributed by atoms with van der Waals surface area (Å²) in [5.74, 6) is 0.265. The second-order valence-corrected chi connectivity index (χ2v) is 8.53. The number of nitrogens with one attached hydrogen (secondary N) is 2. The quantitative estimate of drug-likeness (QED) is 0.799. The van der Waals surface area contributed by atoms with Crippen molar-refractivity contribution in [3.63, 3.8) is 0 Å². The van der Waals surface area contributed by atoms with Crippen molar-refractivity contribution >= 4 is 33.4 Å². The van der Waals surface area contributed by atoms with Crippen LogP contribution in [0.2, 0.25) is 0 Å². The highest BCUT2D eigenvalue weighted by Crippen LogP contribution is 2.33. The molecule has 23 heavy (non-hydrogen) atoms. The highest BCUT2D eigenvalue weighted by atomic mass is 32.2. The predicted molar refractivity (Wildman–Crippen MR) is 92.2 cm³/mol. The molecule has 0 unspecified atom stereocenters. The third kappa shape index (κ3) is 4.16. The van der Waals surface area contributed by atoms with E-state index in [0.29, 0.717) is 18.0 Å². The molecule has 0 atom stereocenters. The Morgan fingerprint density at radius 3 is 2.91 bits per heavy atom. The minimum atomic E-state index is -3.55. The van der Waals surface area contributed by atoms with E-state index in [0.717, 1.165) is 24.2 Å². The predicted octanol–water partition coefficient (Wildman–Crippen LogP) is 2.90. The van der Waals surface area contributed by atoms with Gasteiger partial charge in [-0.3, -0.25) is 4.79 Å². The Bertz CT molecular complexity index is 742. The maximum absolute atomic E-state index is 12.4. The normalized spacial score (nSPS) is 18.1. The number of amides is 1. The molecule has 124 valence electrons. The molecule has 5 nitrogen and oxygen atoms in total. The van der Waals surface area contributed by atoms with Crippen molar-refractivity contribution in [2.75, 3.05) is 17.6 Å². The minimum absolute atomic E-state index is 0.103. The maximum atomic E-state index is 12.4. The zero-order valence-corrected chi connectivity index (χ0v) is 14.4. The van der Waals surface area contributed by atoms with Gasteiger partial charge in [-0.25, -0.2) is 13.1 Å². The number of hydrogen-bond donors (Lipinski definition) is 2. The second-order valence-electron chi connectivity index (χ2n) is 5.75. The van der Waals surface area contributed by atoms with Crippen LogP contribution in [0.15, 0.2) is 39.6 Å². The average molecular weight is 352 g/mol. The lowest BCUT2D eigenvalue weighted by atomic mass is 9.97. The van der Waals surface area contributed by atoms with Gasteiger partial charge in [-0.05, 0) is 50.3 Å². The molecule has 3 rings (SSSR count). The van der Waals surface area contributed by atoms with Crippen LogP contribution in [0.4, 0.5) is 5.69 Å². The Labute approximate surface area is 141 Å². The fourth-order valence-electron chi connectivity index (χ4n) is 2.79. The molecule has 0 aromatic heterocycles. The average Bonchev–Trinajstić information content (AvgIpc) is 2.55. The lowest BCUT2D eigenvalue weighted by Crippen LogP contribution is -2.26. The largest absolute Gasteiger partial charge is 0.324 e. The number of benzene rings is 1.